The number of likely N-dealkylation sites (tertiary alicyclic amines) is 1. The Morgan fingerprint density at radius 2 is 2.21 bits per heavy atom. The van der Waals surface area contributed by atoms with E-state index in [0.717, 1.165) is 19.4 Å². The normalized spacial score (nSPS) is 16.8. The van der Waals surface area contributed by atoms with Crippen LogP contribution in [0.3, 0.4) is 0 Å². The number of ether oxygens (including phenoxy) is 1. The van der Waals surface area contributed by atoms with Crippen LogP contribution in [0.15, 0.2) is 27.4 Å². The molecule has 1 unspecified atom stereocenters. The molecule has 1 aliphatic heterocycles. The minimum absolute atomic E-state index is 0.0523. The van der Waals surface area contributed by atoms with Gasteiger partial charge in [-0.15, -0.1) is 0 Å². The molecule has 0 spiro atoms. The molecule has 0 bridgehead atoms. The third kappa shape index (κ3) is 5.23. The summed E-state index contributed by atoms with van der Waals surface area (Å²) in [5.74, 6) is 0.0758. The number of benzene rings is 1. The number of carbonyl (C=O) groups is 1. The monoisotopic (exact) mass is 405 g/mol. The average molecular weight is 405 g/mol. The highest BCUT2D eigenvalue weighted by Crippen LogP contribution is 2.21. The van der Waals surface area contributed by atoms with Gasteiger partial charge in [0.15, 0.2) is 5.58 Å². The van der Waals surface area contributed by atoms with E-state index in [2.05, 4.69) is 13.8 Å². The Labute approximate surface area is 168 Å². The second-order valence-electron chi connectivity index (χ2n) is 7.84. The Morgan fingerprint density at radius 3 is 2.93 bits per heavy atom. The molecule has 0 saturated carbocycles. The van der Waals surface area contributed by atoms with Gasteiger partial charge in [0.25, 0.3) is 5.69 Å². The Hall–Kier alpha value is -2.68. The predicted molar refractivity (Wildman–Crippen MR) is 107 cm³/mol. The fourth-order valence-electron chi connectivity index (χ4n) is 3.49. The average Bonchev–Trinajstić information content (AvgIpc) is 3.25. The number of nitro benzene ring substituents is 1. The molecule has 9 nitrogen and oxygen atoms in total. The lowest BCUT2D eigenvalue weighted by Gasteiger charge is -2.17. The molecule has 29 heavy (non-hydrogen) atoms. The molecule has 3 rings (SSSR count). The largest absolute Gasteiger partial charge is 0.419 e. The SMILES string of the molecule is CC(C)CCOC1CCN(C(=O)CCCn2c(=O)oc3cc([N+](=O)[O-])ccc32)C1. The lowest BCUT2D eigenvalue weighted by molar-refractivity contribution is -0.384. The van der Waals surface area contributed by atoms with Crippen LogP contribution in [-0.2, 0) is 16.1 Å². The van der Waals surface area contributed by atoms with Crippen LogP contribution in [0.1, 0.15) is 39.5 Å². The highest BCUT2D eigenvalue weighted by molar-refractivity contribution is 5.77. The van der Waals surface area contributed by atoms with Crippen LogP contribution in [0.2, 0.25) is 0 Å². The van der Waals surface area contributed by atoms with Crippen LogP contribution >= 0.6 is 0 Å². The van der Waals surface area contributed by atoms with Gasteiger partial charge in [-0.2, -0.15) is 0 Å². The fraction of sp³-hybridized carbons (Fsp3) is 0.600. The predicted octanol–water partition coefficient (Wildman–Crippen LogP) is 2.95. The molecule has 9 heteroatoms. The van der Waals surface area contributed by atoms with Gasteiger partial charge in [0.1, 0.15) is 0 Å². The molecular weight excluding hydrogens is 378 g/mol. The Balaban J connectivity index is 1.50. The van der Waals surface area contributed by atoms with Gasteiger partial charge in [-0.05, 0) is 31.2 Å². The molecule has 1 amide bonds. The molecule has 2 heterocycles. The number of oxazole rings is 1. The zero-order chi connectivity index (χ0) is 21.0. The van der Waals surface area contributed by atoms with Crippen molar-refractivity contribution in [1.82, 2.24) is 9.47 Å². The Kier molecular flexibility index (Phi) is 6.68. The van der Waals surface area contributed by atoms with Gasteiger partial charge < -0.3 is 14.1 Å². The molecule has 1 atom stereocenters. The molecule has 1 aromatic carbocycles. The zero-order valence-electron chi connectivity index (χ0n) is 16.8. The van der Waals surface area contributed by atoms with Gasteiger partial charge >= 0.3 is 5.76 Å². The van der Waals surface area contributed by atoms with Crippen molar-refractivity contribution in [2.24, 2.45) is 5.92 Å². The first-order valence-corrected chi connectivity index (χ1v) is 10.0. The molecule has 1 fully saturated rings. The van der Waals surface area contributed by atoms with E-state index in [-0.39, 0.29) is 23.3 Å². The fourth-order valence-corrected chi connectivity index (χ4v) is 3.49. The number of hydrogen-bond donors (Lipinski definition) is 0. The molecule has 0 radical (unpaired) electrons. The van der Waals surface area contributed by atoms with E-state index in [9.17, 15) is 19.7 Å². The first-order valence-electron chi connectivity index (χ1n) is 10.0. The first kappa shape index (κ1) is 21.0. The van der Waals surface area contributed by atoms with Crippen LogP contribution in [0.4, 0.5) is 5.69 Å². The number of amides is 1. The summed E-state index contributed by atoms with van der Waals surface area (Å²) in [4.78, 5) is 36.6. The molecule has 1 aliphatic rings. The lowest BCUT2D eigenvalue weighted by atomic mass is 10.1. The van der Waals surface area contributed by atoms with Crippen molar-refractivity contribution >= 4 is 22.7 Å². The minimum Gasteiger partial charge on any atom is -0.407 e. The van der Waals surface area contributed by atoms with E-state index >= 15 is 0 Å². The quantitative estimate of drug-likeness (QED) is 0.469. The van der Waals surface area contributed by atoms with E-state index in [1.165, 1.54) is 22.8 Å². The van der Waals surface area contributed by atoms with Crippen LogP contribution in [0.25, 0.3) is 11.1 Å². The van der Waals surface area contributed by atoms with Gasteiger partial charge in [-0.25, -0.2) is 4.79 Å². The number of fused-ring (bicyclic) bond motifs is 1. The third-order valence-corrected chi connectivity index (χ3v) is 5.18. The van der Waals surface area contributed by atoms with Gasteiger partial charge in [0, 0.05) is 38.7 Å². The number of rotatable bonds is 9. The molecule has 0 N–H and O–H groups in total. The summed E-state index contributed by atoms with van der Waals surface area (Å²) < 4.78 is 12.4. The smallest absolute Gasteiger partial charge is 0.407 e. The number of nitrogens with zero attached hydrogens (tertiary/aromatic N) is 3. The van der Waals surface area contributed by atoms with Gasteiger partial charge in [-0.3, -0.25) is 19.5 Å². The highest BCUT2D eigenvalue weighted by Gasteiger charge is 2.26. The minimum atomic E-state index is -0.576. The maximum absolute atomic E-state index is 12.5. The number of non-ortho nitro benzene ring substituents is 1. The summed E-state index contributed by atoms with van der Waals surface area (Å²) in [6.45, 7) is 6.67. The first-order chi connectivity index (χ1) is 13.8. The molecular formula is C20H27N3O6. The van der Waals surface area contributed by atoms with Crippen molar-refractivity contribution in [3.63, 3.8) is 0 Å². The summed E-state index contributed by atoms with van der Waals surface area (Å²) >= 11 is 0. The van der Waals surface area contributed by atoms with Crippen molar-refractivity contribution < 1.29 is 18.9 Å². The molecule has 2 aromatic rings. The summed E-state index contributed by atoms with van der Waals surface area (Å²) in [6, 6.07) is 4.07. The van der Waals surface area contributed by atoms with Crippen molar-refractivity contribution in [2.75, 3.05) is 19.7 Å². The number of nitro groups is 1. The summed E-state index contributed by atoms with van der Waals surface area (Å²) in [5.41, 5.74) is 0.539. The van der Waals surface area contributed by atoms with E-state index in [1.54, 1.807) is 0 Å². The topological polar surface area (TPSA) is 108 Å². The molecule has 1 aromatic heterocycles. The summed E-state index contributed by atoms with van der Waals surface area (Å²) in [6.07, 6.45) is 2.79. The summed E-state index contributed by atoms with van der Waals surface area (Å²) in [5, 5.41) is 10.8. The van der Waals surface area contributed by atoms with E-state index in [0.29, 0.717) is 43.9 Å². The van der Waals surface area contributed by atoms with Gasteiger partial charge in [-0.1, -0.05) is 13.8 Å². The maximum Gasteiger partial charge on any atom is 0.419 e. The molecule has 0 aliphatic carbocycles. The Bertz CT molecular complexity index is 932. The number of hydrogen-bond acceptors (Lipinski definition) is 6. The lowest BCUT2D eigenvalue weighted by Crippen LogP contribution is -2.30. The highest BCUT2D eigenvalue weighted by atomic mass is 16.6. The number of aryl methyl sites for hydroxylation is 1. The van der Waals surface area contributed by atoms with Crippen LogP contribution in [0, 0.1) is 16.0 Å². The zero-order valence-corrected chi connectivity index (χ0v) is 16.8. The van der Waals surface area contributed by atoms with Crippen molar-refractivity contribution in [3.05, 3.63) is 38.9 Å². The summed E-state index contributed by atoms with van der Waals surface area (Å²) in [7, 11) is 0. The maximum atomic E-state index is 12.5. The van der Waals surface area contributed by atoms with Crippen LogP contribution < -0.4 is 5.76 Å². The van der Waals surface area contributed by atoms with Crippen LogP contribution in [-0.4, -0.2) is 46.1 Å². The molecule has 158 valence electrons. The second-order valence-corrected chi connectivity index (χ2v) is 7.84. The van der Waals surface area contributed by atoms with E-state index in [1.807, 2.05) is 4.90 Å². The third-order valence-electron chi connectivity index (χ3n) is 5.18. The standard InChI is InChI=1S/C20H27N3O6/c1-14(2)8-11-28-16-7-10-21(13-16)19(24)4-3-9-22-17-6-5-15(23(26)27)12-18(17)29-20(22)25/h5-6,12,14,16H,3-4,7-11,13H2,1-2H3. The number of carbonyl (C=O) groups excluding carboxylic acids is 1. The van der Waals surface area contributed by atoms with Crippen molar-refractivity contribution in [1.29, 1.82) is 0 Å². The van der Waals surface area contributed by atoms with Crippen LogP contribution in [0.5, 0.6) is 0 Å². The number of aromatic nitrogens is 1. The van der Waals surface area contributed by atoms with E-state index < -0.39 is 10.7 Å². The Morgan fingerprint density at radius 1 is 1.41 bits per heavy atom. The van der Waals surface area contributed by atoms with Crippen molar-refractivity contribution in [3.8, 4) is 0 Å². The van der Waals surface area contributed by atoms with E-state index in [4.69, 9.17) is 9.15 Å². The van der Waals surface area contributed by atoms with Gasteiger partial charge in [0.2, 0.25) is 5.91 Å². The van der Waals surface area contributed by atoms with Crippen molar-refractivity contribution in [2.45, 2.75) is 52.2 Å². The van der Waals surface area contributed by atoms with Gasteiger partial charge in [0.05, 0.1) is 22.6 Å². The molecule has 1 saturated heterocycles. The second kappa shape index (κ2) is 9.21.